The highest BCUT2D eigenvalue weighted by atomic mass is 16.5. The number of Topliss-reactive ketones (excluding diaryl/α,β-unsaturated/α-hetero) is 1. The first kappa shape index (κ1) is 12.0. The number of rotatable bonds is 3. The molecule has 0 radical (unpaired) electrons. The molecule has 1 unspecified atom stereocenters. The Kier molecular flexibility index (Phi) is 3.08. The van der Waals surface area contributed by atoms with Gasteiger partial charge in [0.2, 0.25) is 0 Å². The molecule has 1 atom stereocenters. The fourth-order valence-corrected chi connectivity index (χ4v) is 2.57. The lowest BCUT2D eigenvalue weighted by molar-refractivity contribution is 0.101. The zero-order valence-corrected chi connectivity index (χ0v) is 10.9. The van der Waals surface area contributed by atoms with E-state index in [0.717, 1.165) is 24.2 Å². The van der Waals surface area contributed by atoms with Gasteiger partial charge in [-0.15, -0.1) is 0 Å². The van der Waals surface area contributed by atoms with E-state index < -0.39 is 0 Å². The summed E-state index contributed by atoms with van der Waals surface area (Å²) in [5.41, 5.74) is 3.33. The highest BCUT2D eigenvalue weighted by Crippen LogP contribution is 2.26. The molecule has 0 saturated heterocycles. The summed E-state index contributed by atoms with van der Waals surface area (Å²) in [5, 5.41) is 0. The fraction of sp³-hybridized carbons (Fsp3) is 0.235. The number of hydrogen-bond acceptors (Lipinski definition) is 2. The number of para-hydroxylation sites is 1. The number of benzene rings is 2. The first-order chi connectivity index (χ1) is 9.22. The molecule has 0 amide bonds. The number of fused-ring (bicyclic) bond motifs is 1. The van der Waals surface area contributed by atoms with Crippen molar-refractivity contribution in [1.29, 1.82) is 0 Å². The van der Waals surface area contributed by atoms with Crippen LogP contribution in [-0.2, 0) is 12.8 Å². The summed E-state index contributed by atoms with van der Waals surface area (Å²) in [6.07, 6.45) is 1.98. The Morgan fingerprint density at radius 1 is 1.05 bits per heavy atom. The van der Waals surface area contributed by atoms with Crippen molar-refractivity contribution < 1.29 is 9.53 Å². The van der Waals surface area contributed by atoms with Gasteiger partial charge in [0, 0.05) is 18.4 Å². The van der Waals surface area contributed by atoms with Gasteiger partial charge in [-0.05, 0) is 36.2 Å². The Morgan fingerprint density at radius 2 is 1.79 bits per heavy atom. The maximum absolute atomic E-state index is 11.4. The maximum Gasteiger partial charge on any atom is 0.159 e. The Hall–Kier alpha value is -2.09. The highest BCUT2D eigenvalue weighted by molar-refractivity contribution is 5.94. The van der Waals surface area contributed by atoms with Crippen molar-refractivity contribution in [1.82, 2.24) is 0 Å². The van der Waals surface area contributed by atoms with Gasteiger partial charge in [0.15, 0.2) is 5.78 Å². The molecule has 1 aliphatic carbocycles. The number of ketones is 1. The lowest BCUT2D eigenvalue weighted by Gasteiger charge is -2.12. The van der Waals surface area contributed by atoms with E-state index >= 15 is 0 Å². The van der Waals surface area contributed by atoms with Gasteiger partial charge in [-0.25, -0.2) is 0 Å². The van der Waals surface area contributed by atoms with Crippen LogP contribution in [0.15, 0.2) is 48.5 Å². The van der Waals surface area contributed by atoms with Gasteiger partial charge < -0.3 is 4.74 Å². The number of ether oxygens (including phenoxy) is 1. The lowest BCUT2D eigenvalue weighted by atomic mass is 10.0. The molecule has 0 saturated carbocycles. The highest BCUT2D eigenvalue weighted by Gasteiger charge is 2.23. The second-order valence-electron chi connectivity index (χ2n) is 5.00. The molecule has 1 aliphatic rings. The van der Waals surface area contributed by atoms with E-state index in [9.17, 15) is 4.79 Å². The SMILES string of the molecule is CC(=O)c1ccc2c(c1)CC(Oc1ccccc1)C2. The normalized spacial score (nSPS) is 17.0. The predicted octanol–water partition coefficient (Wildman–Crippen LogP) is 3.44. The minimum Gasteiger partial charge on any atom is -0.490 e. The Morgan fingerprint density at radius 3 is 2.53 bits per heavy atom. The van der Waals surface area contributed by atoms with Gasteiger partial charge in [0.25, 0.3) is 0 Å². The summed E-state index contributed by atoms with van der Waals surface area (Å²) < 4.78 is 5.97. The molecule has 2 nitrogen and oxygen atoms in total. The predicted molar refractivity (Wildman–Crippen MR) is 74.7 cm³/mol. The van der Waals surface area contributed by atoms with E-state index in [0.29, 0.717) is 0 Å². The van der Waals surface area contributed by atoms with Gasteiger partial charge >= 0.3 is 0 Å². The fourth-order valence-electron chi connectivity index (χ4n) is 2.57. The van der Waals surface area contributed by atoms with Crippen molar-refractivity contribution >= 4 is 5.78 Å². The molecule has 19 heavy (non-hydrogen) atoms. The quantitative estimate of drug-likeness (QED) is 0.782. The van der Waals surface area contributed by atoms with E-state index in [1.807, 2.05) is 42.5 Å². The molecule has 0 bridgehead atoms. The molecule has 96 valence electrons. The molecule has 0 heterocycles. The standard InChI is InChI=1S/C17H16O2/c1-12(18)13-7-8-14-10-17(11-15(14)9-13)19-16-5-3-2-4-6-16/h2-9,17H,10-11H2,1H3. The first-order valence-electron chi connectivity index (χ1n) is 6.57. The van der Waals surface area contributed by atoms with Crippen molar-refractivity contribution in [2.75, 3.05) is 0 Å². The number of carbonyl (C=O) groups is 1. The van der Waals surface area contributed by atoms with Crippen LogP contribution in [0.25, 0.3) is 0 Å². The average molecular weight is 252 g/mol. The van der Waals surface area contributed by atoms with Gasteiger partial charge in [0.05, 0.1) is 0 Å². The summed E-state index contributed by atoms with van der Waals surface area (Å²) in [7, 11) is 0. The maximum atomic E-state index is 11.4. The van der Waals surface area contributed by atoms with Crippen LogP contribution in [0, 0.1) is 0 Å². The smallest absolute Gasteiger partial charge is 0.159 e. The van der Waals surface area contributed by atoms with E-state index in [4.69, 9.17) is 4.74 Å². The Bertz CT molecular complexity index is 602. The second kappa shape index (κ2) is 4.88. The third kappa shape index (κ3) is 2.53. The van der Waals surface area contributed by atoms with Crippen molar-refractivity contribution in [3.63, 3.8) is 0 Å². The molecule has 3 rings (SSSR count). The minimum absolute atomic E-state index is 0.121. The van der Waals surface area contributed by atoms with E-state index in [-0.39, 0.29) is 11.9 Å². The zero-order valence-electron chi connectivity index (χ0n) is 10.9. The Balaban J connectivity index is 1.75. The van der Waals surface area contributed by atoms with Crippen LogP contribution in [-0.4, -0.2) is 11.9 Å². The molecule has 2 aromatic carbocycles. The monoisotopic (exact) mass is 252 g/mol. The summed E-state index contributed by atoms with van der Waals surface area (Å²) in [6, 6.07) is 15.9. The van der Waals surface area contributed by atoms with Crippen LogP contribution in [0.1, 0.15) is 28.4 Å². The van der Waals surface area contributed by atoms with Crippen LogP contribution >= 0.6 is 0 Å². The van der Waals surface area contributed by atoms with Gasteiger partial charge in [0.1, 0.15) is 11.9 Å². The van der Waals surface area contributed by atoms with E-state index in [2.05, 4.69) is 6.07 Å². The van der Waals surface area contributed by atoms with E-state index in [1.54, 1.807) is 6.92 Å². The Labute approximate surface area is 113 Å². The van der Waals surface area contributed by atoms with Gasteiger partial charge in [-0.1, -0.05) is 30.3 Å². The lowest BCUT2D eigenvalue weighted by Crippen LogP contribution is -2.16. The van der Waals surface area contributed by atoms with Crippen LogP contribution in [0.3, 0.4) is 0 Å². The molecule has 0 N–H and O–H groups in total. The number of hydrogen-bond donors (Lipinski definition) is 0. The van der Waals surface area contributed by atoms with E-state index in [1.165, 1.54) is 11.1 Å². The van der Waals surface area contributed by atoms with Gasteiger partial charge in [-0.2, -0.15) is 0 Å². The summed E-state index contributed by atoms with van der Waals surface area (Å²) in [5.74, 6) is 1.03. The molecule has 0 fully saturated rings. The number of carbonyl (C=O) groups excluding carboxylic acids is 1. The largest absolute Gasteiger partial charge is 0.490 e. The minimum atomic E-state index is 0.121. The van der Waals surface area contributed by atoms with Crippen LogP contribution < -0.4 is 4.74 Å². The summed E-state index contributed by atoms with van der Waals surface area (Å²) in [4.78, 5) is 11.4. The van der Waals surface area contributed by atoms with Crippen molar-refractivity contribution in [3.05, 3.63) is 65.2 Å². The molecule has 2 aromatic rings. The first-order valence-corrected chi connectivity index (χ1v) is 6.57. The molecule has 0 aliphatic heterocycles. The van der Waals surface area contributed by atoms with Crippen molar-refractivity contribution in [3.8, 4) is 5.75 Å². The van der Waals surface area contributed by atoms with Crippen molar-refractivity contribution in [2.24, 2.45) is 0 Å². The zero-order chi connectivity index (χ0) is 13.2. The van der Waals surface area contributed by atoms with Crippen LogP contribution in [0.4, 0.5) is 0 Å². The topological polar surface area (TPSA) is 26.3 Å². The molecular formula is C17H16O2. The third-order valence-electron chi connectivity index (χ3n) is 3.55. The van der Waals surface area contributed by atoms with Crippen molar-refractivity contribution in [2.45, 2.75) is 25.9 Å². The molecule has 0 spiro atoms. The summed E-state index contributed by atoms with van der Waals surface area (Å²) in [6.45, 7) is 1.61. The molecule has 2 heteroatoms. The second-order valence-corrected chi connectivity index (χ2v) is 5.00. The molecule has 0 aromatic heterocycles. The van der Waals surface area contributed by atoms with Crippen LogP contribution in [0.2, 0.25) is 0 Å². The summed E-state index contributed by atoms with van der Waals surface area (Å²) >= 11 is 0. The average Bonchev–Trinajstić information content (AvgIpc) is 2.80. The van der Waals surface area contributed by atoms with Gasteiger partial charge in [-0.3, -0.25) is 4.79 Å². The molecular weight excluding hydrogens is 236 g/mol. The van der Waals surface area contributed by atoms with Crippen LogP contribution in [0.5, 0.6) is 5.75 Å². The third-order valence-corrected chi connectivity index (χ3v) is 3.55.